The number of rotatable bonds is 6. The molecule has 0 amide bonds. The molecule has 0 bridgehead atoms. The lowest BCUT2D eigenvalue weighted by Crippen LogP contribution is -2.40. The summed E-state index contributed by atoms with van der Waals surface area (Å²) in [5, 5.41) is 0.758. The van der Waals surface area contributed by atoms with E-state index < -0.39 is 0 Å². The zero-order valence-corrected chi connectivity index (χ0v) is 15.7. The Morgan fingerprint density at radius 2 is 1.96 bits per heavy atom. The Morgan fingerprint density at radius 3 is 2.70 bits per heavy atom. The van der Waals surface area contributed by atoms with Crippen LogP contribution in [0, 0.1) is 11.8 Å². The van der Waals surface area contributed by atoms with Crippen molar-refractivity contribution in [2.24, 2.45) is 11.8 Å². The Kier molecular flexibility index (Phi) is 5.97. The van der Waals surface area contributed by atoms with Gasteiger partial charge in [0.05, 0.1) is 5.69 Å². The van der Waals surface area contributed by atoms with Gasteiger partial charge in [0.25, 0.3) is 0 Å². The van der Waals surface area contributed by atoms with E-state index in [9.17, 15) is 0 Å². The molecule has 1 saturated carbocycles. The Hall–Kier alpha value is -0.610. The van der Waals surface area contributed by atoms with Crippen molar-refractivity contribution in [3.8, 4) is 0 Å². The first-order valence-electron chi connectivity index (χ1n) is 9.63. The summed E-state index contributed by atoms with van der Waals surface area (Å²) in [6.45, 7) is 7.27. The summed E-state index contributed by atoms with van der Waals surface area (Å²) in [6, 6.07) is 0.713. The monoisotopic (exact) mass is 335 g/mol. The largest absolute Gasteiger partial charge is 0.375 e. The number of nitrogens with two attached hydrogens (primary N) is 1. The van der Waals surface area contributed by atoms with E-state index in [2.05, 4.69) is 23.7 Å². The molecule has 3 rings (SSSR count). The molecule has 0 unspecified atom stereocenters. The second-order valence-corrected chi connectivity index (χ2v) is 8.88. The van der Waals surface area contributed by atoms with Gasteiger partial charge < -0.3 is 10.6 Å². The molecule has 2 aliphatic rings. The molecule has 1 fully saturated rings. The summed E-state index contributed by atoms with van der Waals surface area (Å²) in [5.41, 5.74) is 7.18. The van der Waals surface area contributed by atoms with Crippen LogP contribution in [0.15, 0.2) is 0 Å². The Labute approximate surface area is 145 Å². The minimum absolute atomic E-state index is 0.713. The standard InChI is InChI=1S/C19H33N3S/c1-3-11-22(12-10-15-6-4-14(2)5-7-15)16-8-9-17-18(13-16)23-19(20)21-17/h14-16H,3-13H2,1-2H3,(H2,20,21)/t14-,15-,16-/m0/s1. The second-order valence-electron chi connectivity index (χ2n) is 7.77. The van der Waals surface area contributed by atoms with Gasteiger partial charge in [-0.05, 0) is 57.0 Å². The molecule has 0 saturated heterocycles. The molecule has 130 valence electrons. The zero-order chi connectivity index (χ0) is 16.2. The molecule has 0 aliphatic heterocycles. The van der Waals surface area contributed by atoms with Crippen LogP contribution in [-0.4, -0.2) is 29.0 Å². The van der Waals surface area contributed by atoms with E-state index in [0.29, 0.717) is 6.04 Å². The highest BCUT2D eigenvalue weighted by Crippen LogP contribution is 2.33. The third kappa shape index (κ3) is 4.48. The van der Waals surface area contributed by atoms with E-state index in [1.165, 1.54) is 75.0 Å². The fourth-order valence-corrected chi connectivity index (χ4v) is 5.37. The minimum Gasteiger partial charge on any atom is -0.375 e. The van der Waals surface area contributed by atoms with E-state index in [1.54, 1.807) is 11.3 Å². The summed E-state index contributed by atoms with van der Waals surface area (Å²) in [6.07, 6.45) is 12.0. The van der Waals surface area contributed by atoms with Crippen LogP contribution in [0.2, 0.25) is 0 Å². The van der Waals surface area contributed by atoms with Gasteiger partial charge in [0.15, 0.2) is 5.13 Å². The molecule has 3 nitrogen and oxygen atoms in total. The third-order valence-corrected chi connectivity index (χ3v) is 6.87. The molecule has 1 aromatic rings. The van der Waals surface area contributed by atoms with Crippen molar-refractivity contribution in [3.63, 3.8) is 0 Å². The smallest absolute Gasteiger partial charge is 0.180 e. The van der Waals surface area contributed by atoms with Gasteiger partial charge >= 0.3 is 0 Å². The highest BCUT2D eigenvalue weighted by molar-refractivity contribution is 7.15. The van der Waals surface area contributed by atoms with Crippen LogP contribution in [-0.2, 0) is 12.8 Å². The number of fused-ring (bicyclic) bond motifs is 1. The second kappa shape index (κ2) is 7.98. The molecule has 0 radical (unpaired) electrons. The van der Waals surface area contributed by atoms with Gasteiger partial charge in [-0.1, -0.05) is 39.5 Å². The third-order valence-electron chi connectivity index (χ3n) is 5.92. The summed E-state index contributed by atoms with van der Waals surface area (Å²) in [4.78, 5) is 8.72. The Morgan fingerprint density at radius 1 is 1.17 bits per heavy atom. The normalized spacial score (nSPS) is 28.0. The molecule has 1 atom stereocenters. The van der Waals surface area contributed by atoms with Gasteiger partial charge in [-0.25, -0.2) is 4.98 Å². The van der Waals surface area contributed by atoms with E-state index in [-0.39, 0.29) is 0 Å². The maximum Gasteiger partial charge on any atom is 0.180 e. The molecule has 4 heteroatoms. The molecule has 0 spiro atoms. The maximum atomic E-state index is 5.90. The maximum absolute atomic E-state index is 5.90. The van der Waals surface area contributed by atoms with Crippen LogP contribution in [0.5, 0.6) is 0 Å². The van der Waals surface area contributed by atoms with Crippen LogP contribution in [0.1, 0.15) is 69.4 Å². The predicted octanol–water partition coefficient (Wildman–Crippen LogP) is 4.51. The van der Waals surface area contributed by atoms with Gasteiger partial charge in [-0.3, -0.25) is 0 Å². The van der Waals surface area contributed by atoms with Gasteiger partial charge in [0.2, 0.25) is 0 Å². The van der Waals surface area contributed by atoms with Crippen molar-refractivity contribution in [1.29, 1.82) is 0 Å². The molecule has 23 heavy (non-hydrogen) atoms. The first-order valence-corrected chi connectivity index (χ1v) is 10.5. The van der Waals surface area contributed by atoms with E-state index in [4.69, 9.17) is 5.73 Å². The van der Waals surface area contributed by atoms with Crippen LogP contribution in [0.25, 0.3) is 0 Å². The van der Waals surface area contributed by atoms with Gasteiger partial charge in [-0.2, -0.15) is 0 Å². The quantitative estimate of drug-likeness (QED) is 0.831. The van der Waals surface area contributed by atoms with Crippen molar-refractivity contribution >= 4 is 16.5 Å². The number of aryl methyl sites for hydroxylation is 1. The lowest BCUT2D eigenvalue weighted by molar-refractivity contribution is 0.156. The Balaban J connectivity index is 1.54. The summed E-state index contributed by atoms with van der Waals surface area (Å²) in [5.74, 6) is 1.94. The van der Waals surface area contributed by atoms with Crippen LogP contribution in [0.4, 0.5) is 5.13 Å². The van der Waals surface area contributed by atoms with Crippen LogP contribution < -0.4 is 5.73 Å². The zero-order valence-electron chi connectivity index (χ0n) is 14.9. The van der Waals surface area contributed by atoms with E-state index in [1.807, 2.05) is 0 Å². The number of thiazole rings is 1. The molecule has 2 aliphatic carbocycles. The average Bonchev–Trinajstić information content (AvgIpc) is 2.92. The molecule has 0 aromatic carbocycles. The molecule has 1 heterocycles. The van der Waals surface area contributed by atoms with E-state index in [0.717, 1.165) is 23.4 Å². The topological polar surface area (TPSA) is 42.2 Å². The lowest BCUT2D eigenvalue weighted by atomic mass is 9.81. The number of nitrogen functional groups attached to an aromatic ring is 1. The fourth-order valence-electron chi connectivity index (χ4n) is 4.42. The molecular weight excluding hydrogens is 302 g/mol. The lowest BCUT2D eigenvalue weighted by Gasteiger charge is -2.35. The molecular formula is C19H33N3S. The van der Waals surface area contributed by atoms with Crippen molar-refractivity contribution in [1.82, 2.24) is 9.88 Å². The molecule has 1 aromatic heterocycles. The van der Waals surface area contributed by atoms with Crippen molar-refractivity contribution < 1.29 is 0 Å². The van der Waals surface area contributed by atoms with Crippen LogP contribution >= 0.6 is 11.3 Å². The number of nitrogens with zero attached hydrogens (tertiary/aromatic N) is 2. The summed E-state index contributed by atoms with van der Waals surface area (Å²) >= 11 is 1.72. The van der Waals surface area contributed by atoms with Crippen molar-refractivity contribution in [2.45, 2.75) is 77.7 Å². The number of hydrogen-bond acceptors (Lipinski definition) is 4. The van der Waals surface area contributed by atoms with Crippen molar-refractivity contribution in [2.75, 3.05) is 18.8 Å². The average molecular weight is 336 g/mol. The molecule has 2 N–H and O–H groups in total. The highest BCUT2D eigenvalue weighted by Gasteiger charge is 2.27. The highest BCUT2D eigenvalue weighted by atomic mass is 32.1. The predicted molar refractivity (Wildman–Crippen MR) is 99.9 cm³/mol. The summed E-state index contributed by atoms with van der Waals surface area (Å²) in [7, 11) is 0. The Bertz CT molecular complexity index is 491. The van der Waals surface area contributed by atoms with Gasteiger partial charge in [-0.15, -0.1) is 11.3 Å². The van der Waals surface area contributed by atoms with Gasteiger partial charge in [0.1, 0.15) is 0 Å². The summed E-state index contributed by atoms with van der Waals surface area (Å²) < 4.78 is 0. The number of hydrogen-bond donors (Lipinski definition) is 1. The number of anilines is 1. The SMILES string of the molecule is CCCN(CC[C@H]1CC[C@H](C)CC1)[C@H]1CCc2nc(N)sc2C1. The van der Waals surface area contributed by atoms with E-state index >= 15 is 0 Å². The van der Waals surface area contributed by atoms with Crippen molar-refractivity contribution in [3.05, 3.63) is 10.6 Å². The minimum atomic E-state index is 0.713. The first kappa shape index (κ1) is 17.2. The van der Waals surface area contributed by atoms with Crippen LogP contribution in [0.3, 0.4) is 0 Å². The fraction of sp³-hybridized carbons (Fsp3) is 0.842. The van der Waals surface area contributed by atoms with Gasteiger partial charge in [0, 0.05) is 10.9 Å². The first-order chi connectivity index (χ1) is 11.2. The number of aromatic nitrogens is 1.